The van der Waals surface area contributed by atoms with Crippen molar-refractivity contribution in [2.24, 2.45) is 5.92 Å². The number of aromatic nitrogens is 3. The molecule has 5 aromatic rings. The smallest absolute Gasteiger partial charge is 0.370 e. The molecular formula is C33H28F3N3O. The quantitative estimate of drug-likeness (QED) is 0.203. The van der Waals surface area contributed by atoms with Crippen molar-refractivity contribution < 1.29 is 17.9 Å². The molecule has 0 N–H and O–H groups in total. The minimum atomic E-state index is -4.42. The van der Waals surface area contributed by atoms with Gasteiger partial charge in [0.05, 0.1) is 11.6 Å². The average Bonchev–Trinajstić information content (AvgIpc) is 3.64. The molecule has 0 unspecified atom stereocenters. The summed E-state index contributed by atoms with van der Waals surface area (Å²) in [5.74, 6) is -1.39. The number of nitrogens with zero attached hydrogens (tertiary/aromatic N) is 3. The fourth-order valence-corrected chi connectivity index (χ4v) is 5.84. The van der Waals surface area contributed by atoms with E-state index in [0.717, 1.165) is 22.3 Å². The Hall–Kier alpha value is -4.23. The van der Waals surface area contributed by atoms with Gasteiger partial charge in [0.15, 0.2) is 0 Å². The first-order valence-electron chi connectivity index (χ1n) is 13.3. The molecule has 4 nitrogen and oxygen atoms in total. The molecule has 1 fully saturated rings. The van der Waals surface area contributed by atoms with Crippen molar-refractivity contribution in [3.05, 3.63) is 155 Å². The fraction of sp³-hybridized carbons (Fsp3) is 0.212. The molecule has 1 aliphatic heterocycles. The third kappa shape index (κ3) is 4.71. The van der Waals surface area contributed by atoms with Gasteiger partial charge in [0, 0.05) is 31.6 Å². The molecule has 0 saturated carbocycles. The van der Waals surface area contributed by atoms with E-state index in [2.05, 4.69) is 4.98 Å². The van der Waals surface area contributed by atoms with E-state index < -0.39 is 23.7 Å². The maximum absolute atomic E-state index is 14.3. The van der Waals surface area contributed by atoms with E-state index in [1.54, 1.807) is 12.4 Å². The van der Waals surface area contributed by atoms with Crippen LogP contribution in [0.3, 0.4) is 0 Å². The normalized spacial score (nSPS) is 17.7. The Morgan fingerprint density at radius 2 is 1.27 bits per heavy atom. The molecule has 0 bridgehead atoms. The van der Waals surface area contributed by atoms with E-state index in [1.807, 2.05) is 114 Å². The zero-order chi connectivity index (χ0) is 27.6. The number of imidazole rings is 1. The molecule has 1 saturated heterocycles. The van der Waals surface area contributed by atoms with Crippen molar-refractivity contribution in [3.8, 4) is 0 Å². The standard InChI is InChI=1S/C33H28F3N3O/c34-33(35,36)29-18-21-40-30(29)31-38-28(22-24-16-19-37-20-17-24)23-39(31)32(25-10-4-1-5-11-25,26-12-6-2-7-13-26)27-14-8-3-9-15-27/h1-17,19-20,23,29-30H,18,21-22H2/t29-,30+/m0/s1. The van der Waals surface area contributed by atoms with Gasteiger partial charge in [-0.2, -0.15) is 13.2 Å². The Balaban J connectivity index is 1.67. The zero-order valence-corrected chi connectivity index (χ0v) is 21.7. The second-order valence-electron chi connectivity index (χ2n) is 10.0. The van der Waals surface area contributed by atoms with Crippen LogP contribution in [0.25, 0.3) is 0 Å². The number of ether oxygens (including phenoxy) is 1. The van der Waals surface area contributed by atoms with Gasteiger partial charge in [0.25, 0.3) is 0 Å². The minimum absolute atomic E-state index is 0.0242. The molecule has 1 aliphatic rings. The summed E-state index contributed by atoms with van der Waals surface area (Å²) in [5, 5.41) is 0. The predicted octanol–water partition coefficient (Wildman–Crippen LogP) is 7.35. The molecule has 0 aliphatic carbocycles. The van der Waals surface area contributed by atoms with Crippen LogP contribution in [-0.2, 0) is 16.7 Å². The monoisotopic (exact) mass is 539 g/mol. The maximum atomic E-state index is 14.3. The lowest BCUT2D eigenvalue weighted by molar-refractivity contribution is -0.188. The average molecular weight is 540 g/mol. The van der Waals surface area contributed by atoms with Crippen molar-refractivity contribution in [2.75, 3.05) is 6.61 Å². The number of pyridine rings is 1. The molecule has 7 heteroatoms. The number of rotatable bonds is 7. The van der Waals surface area contributed by atoms with E-state index in [1.165, 1.54) is 0 Å². The number of halogens is 3. The maximum Gasteiger partial charge on any atom is 0.394 e. The van der Waals surface area contributed by atoms with Gasteiger partial charge >= 0.3 is 6.18 Å². The molecule has 2 aromatic heterocycles. The van der Waals surface area contributed by atoms with Crippen LogP contribution in [0.1, 0.15) is 46.3 Å². The first-order chi connectivity index (χ1) is 19.5. The summed E-state index contributed by atoms with van der Waals surface area (Å²) in [6.45, 7) is 0.0242. The molecule has 3 heterocycles. The van der Waals surface area contributed by atoms with Gasteiger partial charge in [-0.15, -0.1) is 0 Å². The van der Waals surface area contributed by atoms with Gasteiger partial charge in [-0.1, -0.05) is 91.0 Å². The molecular weight excluding hydrogens is 511 g/mol. The highest BCUT2D eigenvalue weighted by atomic mass is 19.4. The Bertz CT molecular complexity index is 1440. The number of hydrogen-bond acceptors (Lipinski definition) is 3. The van der Waals surface area contributed by atoms with Gasteiger partial charge in [-0.3, -0.25) is 4.98 Å². The second kappa shape index (κ2) is 10.7. The Morgan fingerprint density at radius 1 is 0.750 bits per heavy atom. The topological polar surface area (TPSA) is 39.9 Å². The van der Waals surface area contributed by atoms with Crippen LogP contribution in [0.5, 0.6) is 0 Å². The summed E-state index contributed by atoms with van der Waals surface area (Å²) in [4.78, 5) is 9.01. The van der Waals surface area contributed by atoms with Crippen molar-refractivity contribution in [1.82, 2.24) is 14.5 Å². The largest absolute Gasteiger partial charge is 0.394 e. The summed E-state index contributed by atoms with van der Waals surface area (Å²) < 4.78 is 50.8. The molecule has 40 heavy (non-hydrogen) atoms. The van der Waals surface area contributed by atoms with Crippen molar-refractivity contribution in [2.45, 2.75) is 30.7 Å². The molecule has 0 spiro atoms. The lowest BCUT2D eigenvalue weighted by atomic mass is 9.76. The van der Waals surface area contributed by atoms with Crippen LogP contribution in [0.2, 0.25) is 0 Å². The summed E-state index contributed by atoms with van der Waals surface area (Å²) in [7, 11) is 0. The zero-order valence-electron chi connectivity index (χ0n) is 21.7. The fourth-order valence-electron chi connectivity index (χ4n) is 5.84. The minimum Gasteiger partial charge on any atom is -0.370 e. The molecule has 0 amide bonds. The van der Waals surface area contributed by atoms with E-state index in [0.29, 0.717) is 12.1 Å². The number of hydrogen-bond donors (Lipinski definition) is 0. The van der Waals surface area contributed by atoms with Crippen molar-refractivity contribution >= 4 is 0 Å². The summed E-state index contributed by atoms with van der Waals surface area (Å²) in [6, 6.07) is 33.4. The van der Waals surface area contributed by atoms with E-state index >= 15 is 0 Å². The molecule has 202 valence electrons. The van der Waals surface area contributed by atoms with Crippen LogP contribution in [-0.4, -0.2) is 27.3 Å². The van der Waals surface area contributed by atoms with Crippen LogP contribution in [0.4, 0.5) is 13.2 Å². The third-order valence-electron chi connectivity index (χ3n) is 7.62. The van der Waals surface area contributed by atoms with Crippen molar-refractivity contribution in [1.29, 1.82) is 0 Å². The van der Waals surface area contributed by atoms with Crippen LogP contribution >= 0.6 is 0 Å². The lowest BCUT2D eigenvalue weighted by Gasteiger charge is -2.39. The SMILES string of the molecule is FC(F)(F)[C@H]1CCO[C@H]1c1nc(Cc2ccncc2)cn1C(c1ccccc1)(c1ccccc1)c1ccccc1. The van der Waals surface area contributed by atoms with Gasteiger partial charge in [-0.25, -0.2) is 4.98 Å². The highest BCUT2D eigenvalue weighted by molar-refractivity contribution is 5.51. The second-order valence-corrected chi connectivity index (χ2v) is 10.0. The summed E-state index contributed by atoms with van der Waals surface area (Å²) >= 11 is 0. The molecule has 6 rings (SSSR count). The number of alkyl halides is 3. The summed E-state index contributed by atoms with van der Waals surface area (Å²) in [6.07, 6.45) is -0.00190. The predicted molar refractivity (Wildman–Crippen MR) is 147 cm³/mol. The molecule has 3 aromatic carbocycles. The van der Waals surface area contributed by atoms with Crippen LogP contribution in [0, 0.1) is 5.92 Å². The molecule has 0 radical (unpaired) electrons. The van der Waals surface area contributed by atoms with E-state index in [4.69, 9.17) is 9.72 Å². The van der Waals surface area contributed by atoms with Crippen LogP contribution < -0.4 is 0 Å². The molecule has 2 atom stereocenters. The van der Waals surface area contributed by atoms with Gasteiger partial charge in [-0.05, 0) is 40.8 Å². The van der Waals surface area contributed by atoms with Crippen LogP contribution in [0.15, 0.2) is 122 Å². The number of benzene rings is 3. The Kier molecular flexibility index (Phi) is 6.98. The van der Waals surface area contributed by atoms with E-state index in [-0.39, 0.29) is 18.9 Å². The Morgan fingerprint density at radius 3 is 1.77 bits per heavy atom. The van der Waals surface area contributed by atoms with Crippen molar-refractivity contribution in [3.63, 3.8) is 0 Å². The lowest BCUT2D eigenvalue weighted by Crippen LogP contribution is -2.40. The first-order valence-corrected chi connectivity index (χ1v) is 13.3. The van der Waals surface area contributed by atoms with Gasteiger partial charge in [0.2, 0.25) is 0 Å². The Labute approximate surface area is 231 Å². The summed E-state index contributed by atoms with van der Waals surface area (Å²) in [5.41, 5.74) is 3.33. The van der Waals surface area contributed by atoms with E-state index in [9.17, 15) is 13.2 Å². The first kappa shape index (κ1) is 26.0. The highest BCUT2D eigenvalue weighted by Crippen LogP contribution is 2.48. The highest BCUT2D eigenvalue weighted by Gasteiger charge is 2.52. The van der Waals surface area contributed by atoms with Gasteiger partial charge in [0.1, 0.15) is 17.5 Å². The third-order valence-corrected chi connectivity index (χ3v) is 7.62. The van der Waals surface area contributed by atoms with Gasteiger partial charge < -0.3 is 9.30 Å².